The van der Waals surface area contributed by atoms with E-state index in [1.807, 2.05) is 18.2 Å². The Balaban J connectivity index is 1.29. The van der Waals surface area contributed by atoms with Gasteiger partial charge < -0.3 is 20.7 Å². The van der Waals surface area contributed by atoms with Gasteiger partial charge in [0.15, 0.2) is 0 Å². The fraction of sp³-hybridized carbons (Fsp3) is 0.536. The van der Waals surface area contributed by atoms with Crippen molar-refractivity contribution in [3.8, 4) is 5.75 Å². The first-order valence-electron chi connectivity index (χ1n) is 12.6. The minimum atomic E-state index is 0.0527. The molecule has 1 unspecified atom stereocenters. The SMILES string of the molecule is CC(C)Oc1cccc([C@@H](C)N[C@H]2CCC(c3ccc(C(=O)NC4CCNCC4)cc3)C2)c1. The van der Waals surface area contributed by atoms with Crippen LogP contribution in [0.3, 0.4) is 0 Å². The van der Waals surface area contributed by atoms with Crippen molar-refractivity contribution in [1.29, 1.82) is 0 Å². The Bertz CT molecular complexity index is 906. The van der Waals surface area contributed by atoms with Gasteiger partial charge >= 0.3 is 0 Å². The average Bonchev–Trinajstić information content (AvgIpc) is 3.28. The average molecular weight is 450 g/mol. The highest BCUT2D eigenvalue weighted by Crippen LogP contribution is 2.35. The summed E-state index contributed by atoms with van der Waals surface area (Å²) in [5, 5.41) is 10.3. The molecule has 2 aromatic carbocycles. The molecule has 3 N–H and O–H groups in total. The van der Waals surface area contributed by atoms with Crippen molar-refractivity contribution < 1.29 is 9.53 Å². The molecule has 1 aliphatic heterocycles. The first-order chi connectivity index (χ1) is 16.0. The van der Waals surface area contributed by atoms with Gasteiger partial charge in [-0.05, 0) is 107 Å². The smallest absolute Gasteiger partial charge is 0.251 e. The van der Waals surface area contributed by atoms with Gasteiger partial charge in [0, 0.05) is 23.7 Å². The monoisotopic (exact) mass is 449 g/mol. The first-order valence-corrected chi connectivity index (χ1v) is 12.6. The predicted molar refractivity (Wildman–Crippen MR) is 134 cm³/mol. The fourth-order valence-corrected chi connectivity index (χ4v) is 5.16. The summed E-state index contributed by atoms with van der Waals surface area (Å²) in [4.78, 5) is 12.6. The van der Waals surface area contributed by atoms with Gasteiger partial charge in [-0.1, -0.05) is 24.3 Å². The zero-order chi connectivity index (χ0) is 23.2. The maximum Gasteiger partial charge on any atom is 0.251 e. The lowest BCUT2D eigenvalue weighted by atomic mass is 9.96. The van der Waals surface area contributed by atoms with Crippen LogP contribution < -0.4 is 20.7 Å². The van der Waals surface area contributed by atoms with Crippen LogP contribution in [0.2, 0.25) is 0 Å². The molecule has 0 aromatic heterocycles. The van der Waals surface area contributed by atoms with Gasteiger partial charge in [-0.25, -0.2) is 0 Å². The van der Waals surface area contributed by atoms with Crippen molar-refractivity contribution in [2.24, 2.45) is 0 Å². The molecule has 5 nitrogen and oxygen atoms in total. The van der Waals surface area contributed by atoms with E-state index in [1.54, 1.807) is 0 Å². The Morgan fingerprint density at radius 3 is 2.45 bits per heavy atom. The number of benzene rings is 2. The van der Waals surface area contributed by atoms with Crippen molar-refractivity contribution >= 4 is 5.91 Å². The second kappa shape index (κ2) is 11.2. The van der Waals surface area contributed by atoms with Crippen LogP contribution in [0.15, 0.2) is 48.5 Å². The fourth-order valence-electron chi connectivity index (χ4n) is 5.16. The van der Waals surface area contributed by atoms with E-state index in [2.05, 4.69) is 67.1 Å². The molecule has 1 heterocycles. The number of hydrogen-bond donors (Lipinski definition) is 3. The van der Waals surface area contributed by atoms with Crippen LogP contribution in [0.5, 0.6) is 5.75 Å². The van der Waals surface area contributed by atoms with Crippen LogP contribution in [0.4, 0.5) is 0 Å². The van der Waals surface area contributed by atoms with E-state index in [0.29, 0.717) is 18.0 Å². The Hall–Kier alpha value is -2.37. The molecule has 0 radical (unpaired) electrons. The molecule has 1 amide bonds. The summed E-state index contributed by atoms with van der Waals surface area (Å²) in [7, 11) is 0. The van der Waals surface area contributed by atoms with Gasteiger partial charge in [-0.2, -0.15) is 0 Å². The molecule has 2 fully saturated rings. The number of carbonyl (C=O) groups excluding carboxylic acids is 1. The first kappa shape index (κ1) is 23.8. The summed E-state index contributed by atoms with van der Waals surface area (Å²) < 4.78 is 5.86. The lowest BCUT2D eigenvalue weighted by Gasteiger charge is -2.23. The molecule has 33 heavy (non-hydrogen) atoms. The molecule has 1 saturated heterocycles. The zero-order valence-corrected chi connectivity index (χ0v) is 20.3. The Kier molecular flexibility index (Phi) is 8.05. The summed E-state index contributed by atoms with van der Waals surface area (Å²) in [6.45, 7) is 8.31. The number of piperidine rings is 1. The molecular weight excluding hydrogens is 410 g/mol. The van der Waals surface area contributed by atoms with E-state index in [4.69, 9.17) is 4.74 Å². The van der Waals surface area contributed by atoms with Gasteiger partial charge in [-0.3, -0.25) is 4.79 Å². The number of rotatable bonds is 8. The highest BCUT2D eigenvalue weighted by atomic mass is 16.5. The summed E-state index contributed by atoms with van der Waals surface area (Å²) >= 11 is 0. The Morgan fingerprint density at radius 1 is 0.970 bits per heavy atom. The molecule has 1 aliphatic carbocycles. The van der Waals surface area contributed by atoms with Crippen LogP contribution in [-0.4, -0.2) is 37.2 Å². The molecule has 178 valence electrons. The van der Waals surface area contributed by atoms with Crippen LogP contribution in [0, 0.1) is 0 Å². The minimum absolute atomic E-state index is 0.0527. The normalized spacial score (nSPS) is 22.3. The maximum atomic E-state index is 12.6. The molecule has 0 bridgehead atoms. The number of amides is 1. The van der Waals surface area contributed by atoms with Crippen molar-refractivity contribution in [1.82, 2.24) is 16.0 Å². The lowest BCUT2D eigenvalue weighted by molar-refractivity contribution is 0.0929. The Labute approximate surface area is 198 Å². The van der Waals surface area contributed by atoms with Crippen molar-refractivity contribution in [2.45, 2.75) is 83.0 Å². The van der Waals surface area contributed by atoms with Gasteiger partial charge in [0.05, 0.1) is 6.10 Å². The molecule has 5 heteroatoms. The Morgan fingerprint density at radius 2 is 1.73 bits per heavy atom. The van der Waals surface area contributed by atoms with E-state index in [1.165, 1.54) is 24.0 Å². The summed E-state index contributed by atoms with van der Waals surface area (Å²) in [6, 6.07) is 17.8. The van der Waals surface area contributed by atoms with E-state index in [0.717, 1.165) is 43.7 Å². The number of hydrogen-bond acceptors (Lipinski definition) is 4. The topological polar surface area (TPSA) is 62.4 Å². The third kappa shape index (κ3) is 6.58. The van der Waals surface area contributed by atoms with Crippen LogP contribution in [0.25, 0.3) is 0 Å². The third-order valence-electron chi connectivity index (χ3n) is 6.97. The molecule has 3 atom stereocenters. The van der Waals surface area contributed by atoms with Crippen molar-refractivity contribution in [3.63, 3.8) is 0 Å². The van der Waals surface area contributed by atoms with Crippen molar-refractivity contribution in [2.75, 3.05) is 13.1 Å². The molecule has 4 rings (SSSR count). The molecule has 2 aliphatic rings. The van der Waals surface area contributed by atoms with E-state index < -0.39 is 0 Å². The molecule has 2 aromatic rings. The number of carbonyl (C=O) groups is 1. The minimum Gasteiger partial charge on any atom is -0.491 e. The largest absolute Gasteiger partial charge is 0.491 e. The van der Waals surface area contributed by atoms with Gasteiger partial charge in [0.2, 0.25) is 0 Å². The maximum absolute atomic E-state index is 12.6. The molecule has 0 spiro atoms. The lowest BCUT2D eigenvalue weighted by Crippen LogP contribution is -2.42. The van der Waals surface area contributed by atoms with E-state index >= 15 is 0 Å². The van der Waals surface area contributed by atoms with Gasteiger partial charge in [0.1, 0.15) is 5.75 Å². The summed E-state index contributed by atoms with van der Waals surface area (Å²) in [5.74, 6) is 1.54. The predicted octanol–water partition coefficient (Wildman–Crippen LogP) is 4.94. The third-order valence-corrected chi connectivity index (χ3v) is 6.97. The van der Waals surface area contributed by atoms with Crippen LogP contribution in [0.1, 0.15) is 86.3 Å². The van der Waals surface area contributed by atoms with E-state index in [-0.39, 0.29) is 18.1 Å². The quantitative estimate of drug-likeness (QED) is 0.534. The standard InChI is InChI=1S/C28H39N3O2/c1-19(2)33-27-6-4-5-23(18-27)20(3)30-26-12-11-24(17-26)21-7-9-22(10-8-21)28(32)31-25-13-15-29-16-14-25/h4-10,18-20,24-26,29-30H,11-17H2,1-3H3,(H,31,32)/t20-,24?,26+/m1/s1. The van der Waals surface area contributed by atoms with Crippen LogP contribution >= 0.6 is 0 Å². The van der Waals surface area contributed by atoms with Gasteiger partial charge in [-0.15, -0.1) is 0 Å². The van der Waals surface area contributed by atoms with Crippen LogP contribution in [-0.2, 0) is 0 Å². The molecular formula is C28H39N3O2. The highest BCUT2D eigenvalue weighted by molar-refractivity contribution is 5.94. The van der Waals surface area contributed by atoms with Crippen molar-refractivity contribution in [3.05, 3.63) is 65.2 Å². The summed E-state index contributed by atoms with van der Waals surface area (Å²) in [5.41, 5.74) is 3.38. The summed E-state index contributed by atoms with van der Waals surface area (Å²) in [6.07, 6.45) is 5.69. The number of nitrogens with one attached hydrogen (secondary N) is 3. The van der Waals surface area contributed by atoms with Gasteiger partial charge in [0.25, 0.3) is 5.91 Å². The number of ether oxygens (including phenoxy) is 1. The molecule has 1 saturated carbocycles. The zero-order valence-electron chi connectivity index (χ0n) is 20.3. The second-order valence-corrected chi connectivity index (χ2v) is 9.95. The van der Waals surface area contributed by atoms with E-state index in [9.17, 15) is 4.79 Å². The highest BCUT2D eigenvalue weighted by Gasteiger charge is 2.27. The second-order valence-electron chi connectivity index (χ2n) is 9.95.